The summed E-state index contributed by atoms with van der Waals surface area (Å²) < 4.78 is 11.5. The molecule has 0 fully saturated rings. The Kier molecular flexibility index (Phi) is 10.1. The monoisotopic (exact) mass is 450 g/mol. The molecule has 182 valence electrons. The molecule has 0 aliphatic rings. The van der Waals surface area contributed by atoms with E-state index in [0.29, 0.717) is 25.0 Å². The molecule has 0 saturated heterocycles. The van der Waals surface area contributed by atoms with E-state index in [0.717, 1.165) is 25.7 Å². The van der Waals surface area contributed by atoms with Crippen molar-refractivity contribution in [3.8, 4) is 11.5 Å². The van der Waals surface area contributed by atoms with E-state index < -0.39 is 11.9 Å². The van der Waals surface area contributed by atoms with Gasteiger partial charge in [-0.2, -0.15) is 0 Å². The molecule has 2 unspecified atom stereocenters. The Morgan fingerprint density at radius 2 is 1.06 bits per heavy atom. The Bertz CT molecular complexity index is 704. The molecule has 6 heteroatoms. The van der Waals surface area contributed by atoms with Crippen LogP contribution in [0.25, 0.3) is 0 Å². The van der Waals surface area contributed by atoms with Crippen LogP contribution in [0, 0.1) is 22.7 Å². The Balaban J connectivity index is 2.92. The molecule has 1 aromatic carbocycles. The predicted octanol–water partition coefficient (Wildman–Crippen LogP) is 6.77. The number of ether oxygens (including phenoxy) is 2. The minimum Gasteiger partial charge on any atom is -0.493 e. The van der Waals surface area contributed by atoms with Crippen LogP contribution in [0.15, 0.2) is 12.1 Å². The van der Waals surface area contributed by atoms with Gasteiger partial charge in [0, 0.05) is 0 Å². The summed E-state index contributed by atoms with van der Waals surface area (Å²) in [6.07, 6.45) is 3.54. The van der Waals surface area contributed by atoms with Gasteiger partial charge in [0.1, 0.15) is 22.6 Å². The minimum atomic E-state index is -1.18. The van der Waals surface area contributed by atoms with Crippen LogP contribution in [0.1, 0.15) is 102 Å². The van der Waals surface area contributed by atoms with Crippen LogP contribution in [-0.2, 0) is 0 Å². The van der Waals surface area contributed by atoms with Gasteiger partial charge in [0.15, 0.2) is 0 Å². The second kappa shape index (κ2) is 11.6. The van der Waals surface area contributed by atoms with Gasteiger partial charge in [-0.25, -0.2) is 9.59 Å². The first-order chi connectivity index (χ1) is 14.6. The van der Waals surface area contributed by atoms with Gasteiger partial charge >= 0.3 is 11.9 Å². The van der Waals surface area contributed by atoms with Gasteiger partial charge in [-0.1, -0.05) is 55.4 Å². The fraction of sp³-hybridized carbons (Fsp3) is 0.692. The van der Waals surface area contributed by atoms with Crippen LogP contribution in [0.4, 0.5) is 0 Å². The molecule has 0 aliphatic heterocycles. The summed E-state index contributed by atoms with van der Waals surface area (Å²) in [7, 11) is 0. The molecule has 0 radical (unpaired) electrons. The molecule has 0 aliphatic carbocycles. The highest BCUT2D eigenvalue weighted by atomic mass is 16.5. The van der Waals surface area contributed by atoms with E-state index in [1.54, 1.807) is 0 Å². The third-order valence-corrected chi connectivity index (χ3v) is 5.20. The maximum absolute atomic E-state index is 11.8. The van der Waals surface area contributed by atoms with Crippen LogP contribution in [0.2, 0.25) is 0 Å². The van der Waals surface area contributed by atoms with Crippen molar-refractivity contribution in [1.82, 2.24) is 0 Å². The SMILES string of the molecule is CC(CCOc1cc(C(=O)O)c(OCCC(C)CC(C)(C)C)cc1C(=O)O)CC(C)(C)C. The molecule has 32 heavy (non-hydrogen) atoms. The average molecular weight is 451 g/mol. The summed E-state index contributed by atoms with van der Waals surface area (Å²) in [6.45, 7) is 18.0. The molecule has 1 rings (SSSR count). The lowest BCUT2D eigenvalue weighted by atomic mass is 9.84. The van der Waals surface area contributed by atoms with Crippen LogP contribution < -0.4 is 9.47 Å². The van der Waals surface area contributed by atoms with E-state index in [2.05, 4.69) is 55.4 Å². The molecule has 6 nitrogen and oxygen atoms in total. The highest BCUT2D eigenvalue weighted by molar-refractivity contribution is 5.97. The molecule has 2 N–H and O–H groups in total. The average Bonchev–Trinajstić information content (AvgIpc) is 2.58. The van der Waals surface area contributed by atoms with Gasteiger partial charge in [0.25, 0.3) is 0 Å². The zero-order chi connectivity index (χ0) is 24.7. The summed E-state index contributed by atoms with van der Waals surface area (Å²) in [5.41, 5.74) is 0.226. The molecule has 0 aromatic heterocycles. The van der Waals surface area contributed by atoms with Crippen molar-refractivity contribution in [2.24, 2.45) is 22.7 Å². The summed E-state index contributed by atoms with van der Waals surface area (Å²) in [5.74, 6) is -1.42. The van der Waals surface area contributed by atoms with Crippen molar-refractivity contribution in [3.05, 3.63) is 23.3 Å². The third-order valence-electron chi connectivity index (χ3n) is 5.20. The number of carboxylic acids is 2. The number of aromatic carboxylic acids is 2. The first-order valence-corrected chi connectivity index (χ1v) is 11.5. The van der Waals surface area contributed by atoms with Gasteiger partial charge in [-0.3, -0.25) is 0 Å². The highest BCUT2D eigenvalue weighted by Gasteiger charge is 2.22. The number of benzene rings is 1. The number of rotatable bonds is 12. The summed E-state index contributed by atoms with van der Waals surface area (Å²) in [5, 5.41) is 19.3. The number of hydrogen-bond acceptors (Lipinski definition) is 4. The second-order valence-electron chi connectivity index (χ2n) is 11.5. The zero-order valence-corrected chi connectivity index (χ0v) is 21.1. The van der Waals surface area contributed by atoms with E-state index in [1.165, 1.54) is 12.1 Å². The Hall–Kier alpha value is -2.24. The maximum atomic E-state index is 11.8. The fourth-order valence-electron chi connectivity index (χ4n) is 4.17. The second-order valence-corrected chi connectivity index (χ2v) is 11.5. The molecular weight excluding hydrogens is 408 g/mol. The number of carbonyl (C=O) groups is 2. The predicted molar refractivity (Wildman–Crippen MR) is 127 cm³/mol. The molecule has 1 aromatic rings. The largest absolute Gasteiger partial charge is 0.493 e. The fourth-order valence-corrected chi connectivity index (χ4v) is 4.17. The smallest absolute Gasteiger partial charge is 0.339 e. The van der Waals surface area contributed by atoms with Crippen molar-refractivity contribution in [3.63, 3.8) is 0 Å². The summed E-state index contributed by atoms with van der Waals surface area (Å²) in [4.78, 5) is 23.6. The Morgan fingerprint density at radius 1 is 0.750 bits per heavy atom. The molecule has 0 amide bonds. The maximum Gasteiger partial charge on any atom is 0.339 e. The molecular formula is C26H42O6. The third kappa shape index (κ3) is 10.4. The van der Waals surface area contributed by atoms with Gasteiger partial charge < -0.3 is 19.7 Å². The van der Waals surface area contributed by atoms with E-state index >= 15 is 0 Å². The summed E-state index contributed by atoms with van der Waals surface area (Å²) >= 11 is 0. The van der Waals surface area contributed by atoms with E-state index in [4.69, 9.17) is 9.47 Å². The lowest BCUT2D eigenvalue weighted by Crippen LogP contribution is -2.15. The molecule has 0 saturated carbocycles. The normalized spacial score (nSPS) is 14.0. The number of carboxylic acid groups (broad SMARTS) is 2. The lowest BCUT2D eigenvalue weighted by molar-refractivity contribution is 0.0672. The van der Waals surface area contributed by atoms with Crippen molar-refractivity contribution >= 4 is 11.9 Å². The van der Waals surface area contributed by atoms with Crippen molar-refractivity contribution < 1.29 is 29.3 Å². The van der Waals surface area contributed by atoms with Gasteiger partial charge in [-0.15, -0.1) is 0 Å². The van der Waals surface area contributed by atoms with Gasteiger partial charge in [-0.05, 0) is 60.5 Å². The quantitative estimate of drug-likeness (QED) is 0.365. The van der Waals surface area contributed by atoms with E-state index in [1.807, 2.05) is 0 Å². The highest BCUT2D eigenvalue weighted by Crippen LogP contribution is 2.32. The molecule has 0 spiro atoms. The topological polar surface area (TPSA) is 93.1 Å². The van der Waals surface area contributed by atoms with Crippen LogP contribution in [-0.4, -0.2) is 35.4 Å². The molecule has 0 bridgehead atoms. The molecule has 0 heterocycles. The van der Waals surface area contributed by atoms with Gasteiger partial charge in [0.2, 0.25) is 0 Å². The van der Waals surface area contributed by atoms with Crippen LogP contribution >= 0.6 is 0 Å². The lowest BCUT2D eigenvalue weighted by Gasteiger charge is -2.23. The van der Waals surface area contributed by atoms with E-state index in [-0.39, 0.29) is 33.5 Å². The van der Waals surface area contributed by atoms with Crippen molar-refractivity contribution in [1.29, 1.82) is 0 Å². The first kappa shape index (κ1) is 27.8. The Morgan fingerprint density at radius 3 is 1.31 bits per heavy atom. The van der Waals surface area contributed by atoms with Crippen molar-refractivity contribution in [2.45, 2.75) is 81.1 Å². The van der Waals surface area contributed by atoms with Gasteiger partial charge in [0.05, 0.1) is 13.2 Å². The minimum absolute atomic E-state index is 0.0614. The summed E-state index contributed by atoms with van der Waals surface area (Å²) in [6, 6.07) is 2.54. The van der Waals surface area contributed by atoms with Crippen LogP contribution in [0.3, 0.4) is 0 Å². The first-order valence-electron chi connectivity index (χ1n) is 11.5. The molecule has 2 atom stereocenters. The zero-order valence-electron chi connectivity index (χ0n) is 21.1. The number of hydrogen-bond donors (Lipinski definition) is 2. The Labute approximate surface area is 193 Å². The van der Waals surface area contributed by atoms with Crippen molar-refractivity contribution in [2.75, 3.05) is 13.2 Å². The van der Waals surface area contributed by atoms with Crippen LogP contribution in [0.5, 0.6) is 11.5 Å². The standard InChI is InChI=1S/C26H42O6/c1-17(15-25(3,4)5)9-11-31-21-13-20(24(29)30)22(14-19(21)23(27)28)32-12-10-18(2)16-26(6,7)8/h13-14,17-18H,9-12,15-16H2,1-8H3,(H,27,28)(H,29,30). The van der Waals surface area contributed by atoms with E-state index in [9.17, 15) is 19.8 Å².